The maximum Gasteiger partial charge on any atom is 0.139 e. The van der Waals surface area contributed by atoms with Crippen LogP contribution < -0.4 is 5.73 Å². The van der Waals surface area contributed by atoms with E-state index in [9.17, 15) is 0 Å². The molecule has 0 aliphatic heterocycles. The summed E-state index contributed by atoms with van der Waals surface area (Å²) in [6.45, 7) is 0. The summed E-state index contributed by atoms with van der Waals surface area (Å²) in [6, 6.07) is 1.98. The molecule has 0 aliphatic carbocycles. The molecule has 5 heteroatoms. The van der Waals surface area contributed by atoms with Gasteiger partial charge in [0.15, 0.2) is 0 Å². The number of anilines is 1. The fraction of sp³-hybridized carbons (Fsp3) is 0.333. The fourth-order valence-corrected chi connectivity index (χ4v) is 1.05. The zero-order valence-corrected chi connectivity index (χ0v) is 6.97. The van der Waals surface area contributed by atoms with Gasteiger partial charge in [0.1, 0.15) is 17.5 Å². The summed E-state index contributed by atoms with van der Waals surface area (Å²) in [5.74, 6) is 0.838. The van der Waals surface area contributed by atoms with E-state index in [1.54, 1.807) is 7.05 Å². The van der Waals surface area contributed by atoms with Crippen molar-refractivity contribution in [1.82, 2.24) is 9.78 Å². The summed E-state index contributed by atoms with van der Waals surface area (Å²) in [7, 11) is 1.70. The molecule has 0 atom stereocenters. The van der Waals surface area contributed by atoms with Crippen LogP contribution in [0.5, 0.6) is 0 Å². The van der Waals surface area contributed by atoms with E-state index in [2.05, 4.69) is 17.7 Å². The summed E-state index contributed by atoms with van der Waals surface area (Å²) in [4.78, 5) is 0. The Labute approximate surface area is 70.0 Å². The highest BCUT2D eigenvalue weighted by atomic mass is 32.1. The van der Waals surface area contributed by atoms with Gasteiger partial charge in [0, 0.05) is 12.8 Å². The lowest BCUT2D eigenvalue weighted by Gasteiger charge is -1.89. The normalized spacial score (nSPS) is 9.55. The molecule has 11 heavy (non-hydrogen) atoms. The number of nitrogens with zero attached hydrogens (tertiary/aromatic N) is 3. The molecule has 0 fully saturated rings. The minimum atomic E-state index is 0.400. The number of thiol groups is 1. The van der Waals surface area contributed by atoms with Gasteiger partial charge in [0.2, 0.25) is 0 Å². The number of aromatic nitrogens is 2. The summed E-state index contributed by atoms with van der Waals surface area (Å²) in [5, 5.41) is 12.6. The molecule has 4 nitrogen and oxygen atoms in total. The Morgan fingerprint density at radius 3 is 2.82 bits per heavy atom. The van der Waals surface area contributed by atoms with Crippen molar-refractivity contribution in [3.05, 3.63) is 11.3 Å². The number of nitrogens with two attached hydrogens (primary N) is 1. The van der Waals surface area contributed by atoms with Crippen LogP contribution in [0.2, 0.25) is 0 Å². The van der Waals surface area contributed by atoms with Gasteiger partial charge < -0.3 is 5.73 Å². The first kappa shape index (κ1) is 7.95. The van der Waals surface area contributed by atoms with Crippen molar-refractivity contribution >= 4 is 18.4 Å². The lowest BCUT2D eigenvalue weighted by Crippen LogP contribution is -1.97. The van der Waals surface area contributed by atoms with Crippen LogP contribution in [-0.2, 0) is 12.8 Å². The quantitative estimate of drug-likeness (QED) is 0.593. The Morgan fingerprint density at radius 2 is 2.45 bits per heavy atom. The predicted octanol–water partition coefficient (Wildman–Crippen LogP) is 0.304. The van der Waals surface area contributed by atoms with Gasteiger partial charge in [-0.3, -0.25) is 4.68 Å². The molecule has 1 rings (SSSR count). The number of hydrogen-bond donors (Lipinski definition) is 2. The molecule has 0 saturated heterocycles. The number of rotatable bonds is 1. The van der Waals surface area contributed by atoms with Crippen LogP contribution in [0.4, 0.5) is 5.82 Å². The maximum atomic E-state index is 8.63. The Bertz CT molecular complexity index is 309. The first-order chi connectivity index (χ1) is 5.20. The first-order valence-corrected chi connectivity index (χ1v) is 3.66. The van der Waals surface area contributed by atoms with Crippen molar-refractivity contribution in [2.45, 2.75) is 5.75 Å². The smallest absolute Gasteiger partial charge is 0.139 e. The lowest BCUT2D eigenvalue weighted by molar-refractivity contribution is 0.765. The van der Waals surface area contributed by atoms with Crippen LogP contribution >= 0.6 is 12.6 Å². The predicted molar refractivity (Wildman–Crippen MR) is 45.0 cm³/mol. The topological polar surface area (TPSA) is 67.6 Å². The Kier molecular flexibility index (Phi) is 2.06. The van der Waals surface area contributed by atoms with Gasteiger partial charge >= 0.3 is 0 Å². The van der Waals surface area contributed by atoms with Gasteiger partial charge in [0.05, 0.1) is 5.69 Å². The molecule has 1 aromatic heterocycles. The first-order valence-electron chi connectivity index (χ1n) is 3.03. The van der Waals surface area contributed by atoms with Crippen molar-refractivity contribution in [1.29, 1.82) is 5.26 Å². The molecule has 0 bridgehead atoms. The highest BCUT2D eigenvalue weighted by Crippen LogP contribution is 2.15. The Morgan fingerprint density at radius 1 is 1.82 bits per heavy atom. The van der Waals surface area contributed by atoms with Gasteiger partial charge in [-0.25, -0.2) is 0 Å². The van der Waals surface area contributed by atoms with Gasteiger partial charge in [-0.1, -0.05) is 0 Å². The molecule has 0 aromatic carbocycles. The average molecular weight is 168 g/mol. The lowest BCUT2D eigenvalue weighted by atomic mass is 10.3. The van der Waals surface area contributed by atoms with Gasteiger partial charge in [-0.05, 0) is 0 Å². The van der Waals surface area contributed by atoms with Crippen molar-refractivity contribution in [2.24, 2.45) is 7.05 Å². The van der Waals surface area contributed by atoms with Crippen LogP contribution in [0.25, 0.3) is 0 Å². The van der Waals surface area contributed by atoms with E-state index in [0.29, 0.717) is 22.8 Å². The molecule has 0 spiro atoms. The number of nitrogen functional groups attached to an aromatic ring is 1. The summed E-state index contributed by atoms with van der Waals surface area (Å²) in [6.07, 6.45) is 0. The van der Waals surface area contributed by atoms with Crippen molar-refractivity contribution in [2.75, 3.05) is 5.73 Å². The third-order valence-electron chi connectivity index (χ3n) is 1.43. The molecule has 0 aliphatic rings. The second kappa shape index (κ2) is 2.84. The fourth-order valence-electron chi connectivity index (χ4n) is 0.827. The summed E-state index contributed by atoms with van der Waals surface area (Å²) < 4.78 is 1.48. The van der Waals surface area contributed by atoms with Crippen molar-refractivity contribution < 1.29 is 0 Å². The van der Waals surface area contributed by atoms with Gasteiger partial charge in [0.25, 0.3) is 0 Å². The summed E-state index contributed by atoms with van der Waals surface area (Å²) >= 11 is 4.01. The monoisotopic (exact) mass is 168 g/mol. The van der Waals surface area contributed by atoms with E-state index >= 15 is 0 Å². The van der Waals surface area contributed by atoms with E-state index in [0.717, 1.165) is 0 Å². The number of aryl methyl sites for hydroxylation is 1. The molecule has 2 N–H and O–H groups in total. The van der Waals surface area contributed by atoms with Crippen LogP contribution in [0, 0.1) is 11.3 Å². The van der Waals surface area contributed by atoms with Crippen LogP contribution in [0.15, 0.2) is 0 Å². The second-order valence-corrected chi connectivity index (χ2v) is 2.42. The highest BCUT2D eigenvalue weighted by Gasteiger charge is 2.10. The molecular formula is C6H8N4S. The minimum absolute atomic E-state index is 0.400. The number of nitriles is 1. The van der Waals surface area contributed by atoms with Gasteiger partial charge in [-0.15, -0.1) is 0 Å². The van der Waals surface area contributed by atoms with E-state index < -0.39 is 0 Å². The van der Waals surface area contributed by atoms with Gasteiger partial charge in [-0.2, -0.15) is 23.0 Å². The number of hydrogen-bond acceptors (Lipinski definition) is 4. The molecule has 58 valence electrons. The van der Waals surface area contributed by atoms with Crippen LogP contribution in [0.1, 0.15) is 11.3 Å². The van der Waals surface area contributed by atoms with Crippen LogP contribution in [-0.4, -0.2) is 9.78 Å². The molecule has 0 unspecified atom stereocenters. The second-order valence-electron chi connectivity index (χ2n) is 2.10. The molecule has 1 heterocycles. The molecule has 0 amide bonds. The van der Waals surface area contributed by atoms with E-state index in [1.165, 1.54) is 4.68 Å². The van der Waals surface area contributed by atoms with Crippen molar-refractivity contribution in [3.8, 4) is 6.07 Å². The van der Waals surface area contributed by atoms with Crippen LogP contribution in [0.3, 0.4) is 0 Å². The third kappa shape index (κ3) is 1.17. The molecule has 0 radical (unpaired) electrons. The molecule has 0 saturated carbocycles. The third-order valence-corrected chi connectivity index (χ3v) is 1.73. The van der Waals surface area contributed by atoms with Crippen molar-refractivity contribution in [3.63, 3.8) is 0 Å². The largest absolute Gasteiger partial charge is 0.383 e. The minimum Gasteiger partial charge on any atom is -0.383 e. The van der Waals surface area contributed by atoms with E-state index in [1.807, 2.05) is 6.07 Å². The molecular weight excluding hydrogens is 160 g/mol. The zero-order valence-electron chi connectivity index (χ0n) is 6.07. The van der Waals surface area contributed by atoms with E-state index in [-0.39, 0.29) is 0 Å². The summed E-state index contributed by atoms with van der Waals surface area (Å²) in [5.41, 5.74) is 6.60. The zero-order chi connectivity index (χ0) is 8.43. The highest BCUT2D eigenvalue weighted by molar-refractivity contribution is 7.79. The van der Waals surface area contributed by atoms with E-state index in [4.69, 9.17) is 11.0 Å². The SMILES string of the molecule is Cn1nc(CS)c(C#N)c1N. The standard InChI is InChI=1S/C6H8N4S/c1-10-6(8)4(2-7)5(3-11)9-10/h11H,3,8H2,1H3. The average Bonchev–Trinajstić information content (AvgIpc) is 2.28. The molecule has 1 aromatic rings. The Balaban J connectivity index is 3.29. The Hall–Kier alpha value is -1.15. The maximum absolute atomic E-state index is 8.63.